The first-order valence-electron chi connectivity index (χ1n) is 5.72. The minimum absolute atomic E-state index is 0.00245. The summed E-state index contributed by atoms with van der Waals surface area (Å²) in [5.41, 5.74) is 0.700. The van der Waals surface area contributed by atoms with Gasteiger partial charge in [0.1, 0.15) is 5.82 Å². The summed E-state index contributed by atoms with van der Waals surface area (Å²) < 4.78 is 19.6. The Labute approximate surface area is 111 Å². The van der Waals surface area contributed by atoms with Crippen LogP contribution in [-0.2, 0) is 4.74 Å². The molecule has 4 heteroatoms. The summed E-state index contributed by atoms with van der Waals surface area (Å²) in [6, 6.07) is 5.40. The van der Waals surface area contributed by atoms with Gasteiger partial charge in [0.15, 0.2) is 0 Å². The van der Waals surface area contributed by atoms with Gasteiger partial charge in [-0.15, -0.1) is 0 Å². The molecule has 2 nitrogen and oxygen atoms in total. The first-order chi connectivity index (χ1) is 8.11. The first kappa shape index (κ1) is 14.6. The zero-order chi connectivity index (χ0) is 12.8. The van der Waals surface area contributed by atoms with Gasteiger partial charge in [0.25, 0.3) is 0 Å². The van der Waals surface area contributed by atoms with Gasteiger partial charge >= 0.3 is 0 Å². The number of benzene rings is 1. The van der Waals surface area contributed by atoms with E-state index in [1.165, 1.54) is 0 Å². The van der Waals surface area contributed by atoms with Crippen molar-refractivity contribution in [2.75, 3.05) is 20.8 Å². The van der Waals surface area contributed by atoms with Gasteiger partial charge in [-0.05, 0) is 41.4 Å². The average molecular weight is 304 g/mol. The molecule has 0 saturated carbocycles. The average Bonchev–Trinajstić information content (AvgIpc) is 2.32. The fraction of sp³-hybridized carbons (Fsp3) is 0.538. The van der Waals surface area contributed by atoms with Crippen LogP contribution in [-0.4, -0.2) is 20.8 Å². The van der Waals surface area contributed by atoms with Crippen molar-refractivity contribution in [3.8, 4) is 0 Å². The van der Waals surface area contributed by atoms with Crippen molar-refractivity contribution in [2.45, 2.75) is 19.4 Å². The van der Waals surface area contributed by atoms with Crippen LogP contribution in [0.5, 0.6) is 0 Å². The quantitative estimate of drug-likeness (QED) is 0.868. The number of ether oxygens (including phenoxy) is 1. The number of hydrogen-bond donors (Lipinski definition) is 1. The van der Waals surface area contributed by atoms with Crippen LogP contribution in [0.4, 0.5) is 4.39 Å². The van der Waals surface area contributed by atoms with Crippen LogP contribution >= 0.6 is 15.9 Å². The van der Waals surface area contributed by atoms with Crippen LogP contribution in [0.3, 0.4) is 0 Å². The summed E-state index contributed by atoms with van der Waals surface area (Å²) in [4.78, 5) is 0. The molecule has 2 unspecified atom stereocenters. The Balaban J connectivity index is 2.89. The Hall–Kier alpha value is -0.450. The molecule has 0 aliphatic carbocycles. The Bertz CT molecular complexity index is 359. The molecular weight excluding hydrogens is 285 g/mol. The zero-order valence-electron chi connectivity index (χ0n) is 10.5. The van der Waals surface area contributed by atoms with Gasteiger partial charge in [-0.1, -0.05) is 19.1 Å². The summed E-state index contributed by atoms with van der Waals surface area (Å²) in [7, 11) is 3.54. The van der Waals surface area contributed by atoms with Crippen molar-refractivity contribution in [3.05, 3.63) is 34.1 Å². The van der Waals surface area contributed by atoms with Gasteiger partial charge < -0.3 is 10.1 Å². The first-order valence-corrected chi connectivity index (χ1v) is 6.51. The van der Waals surface area contributed by atoms with Crippen LogP contribution in [0.25, 0.3) is 0 Å². The van der Waals surface area contributed by atoms with E-state index in [9.17, 15) is 4.39 Å². The van der Waals surface area contributed by atoms with E-state index in [2.05, 4.69) is 28.2 Å². The van der Waals surface area contributed by atoms with E-state index in [-0.39, 0.29) is 11.9 Å². The third-order valence-corrected chi connectivity index (χ3v) is 3.59. The normalized spacial score (nSPS) is 14.6. The monoisotopic (exact) mass is 303 g/mol. The van der Waals surface area contributed by atoms with Crippen molar-refractivity contribution in [2.24, 2.45) is 5.92 Å². The summed E-state index contributed by atoms with van der Waals surface area (Å²) >= 11 is 3.22. The molecule has 0 aliphatic rings. The number of nitrogens with one attached hydrogen (secondary N) is 1. The Morgan fingerprint density at radius 2 is 2.18 bits per heavy atom. The molecule has 0 saturated heterocycles. The SMILES string of the molecule is CNC(c1cccc(Br)c1F)C(C)CCOC. The molecule has 96 valence electrons. The zero-order valence-corrected chi connectivity index (χ0v) is 12.1. The molecule has 0 radical (unpaired) electrons. The van der Waals surface area contributed by atoms with Gasteiger partial charge in [-0.3, -0.25) is 0 Å². The maximum Gasteiger partial charge on any atom is 0.142 e. The number of halogens is 2. The number of rotatable bonds is 6. The third-order valence-electron chi connectivity index (χ3n) is 2.97. The number of hydrogen-bond acceptors (Lipinski definition) is 2. The minimum atomic E-state index is -0.184. The molecular formula is C13H19BrFNO. The molecule has 2 atom stereocenters. The molecule has 1 rings (SSSR count). The standard InChI is InChI=1S/C13H19BrFNO/c1-9(7-8-17-3)13(16-2)10-5-4-6-11(14)12(10)15/h4-6,9,13,16H,7-8H2,1-3H3. The summed E-state index contributed by atoms with van der Waals surface area (Å²) in [5.74, 6) is 0.125. The van der Waals surface area contributed by atoms with E-state index >= 15 is 0 Å². The van der Waals surface area contributed by atoms with E-state index in [4.69, 9.17) is 4.74 Å². The van der Waals surface area contributed by atoms with Gasteiger partial charge in [0.05, 0.1) is 4.47 Å². The molecule has 0 heterocycles. The third kappa shape index (κ3) is 3.76. The van der Waals surface area contributed by atoms with Crippen LogP contribution in [0.15, 0.2) is 22.7 Å². The molecule has 17 heavy (non-hydrogen) atoms. The molecule has 0 bridgehead atoms. The smallest absolute Gasteiger partial charge is 0.142 e. The van der Waals surface area contributed by atoms with E-state index in [1.54, 1.807) is 13.2 Å². The Morgan fingerprint density at radius 3 is 2.76 bits per heavy atom. The van der Waals surface area contributed by atoms with E-state index < -0.39 is 0 Å². The van der Waals surface area contributed by atoms with E-state index in [1.807, 2.05) is 19.2 Å². The molecule has 0 amide bonds. The van der Waals surface area contributed by atoms with Crippen molar-refractivity contribution in [1.29, 1.82) is 0 Å². The second kappa shape index (κ2) is 7.09. The van der Waals surface area contributed by atoms with E-state index in [0.29, 0.717) is 22.6 Å². The largest absolute Gasteiger partial charge is 0.385 e. The summed E-state index contributed by atoms with van der Waals surface area (Å²) in [6.07, 6.45) is 0.897. The second-order valence-corrected chi connectivity index (χ2v) is 5.02. The highest BCUT2D eigenvalue weighted by Crippen LogP contribution is 2.29. The van der Waals surface area contributed by atoms with Crippen LogP contribution in [0, 0.1) is 11.7 Å². The second-order valence-electron chi connectivity index (χ2n) is 4.17. The number of methoxy groups -OCH3 is 1. The molecule has 0 aliphatic heterocycles. The summed E-state index contributed by atoms with van der Waals surface area (Å²) in [6.45, 7) is 2.79. The van der Waals surface area contributed by atoms with Crippen molar-refractivity contribution in [3.63, 3.8) is 0 Å². The van der Waals surface area contributed by atoms with Crippen molar-refractivity contribution in [1.82, 2.24) is 5.32 Å². The lowest BCUT2D eigenvalue weighted by Gasteiger charge is -2.24. The molecule has 1 aromatic carbocycles. The summed E-state index contributed by atoms with van der Waals surface area (Å²) in [5, 5.41) is 3.18. The highest BCUT2D eigenvalue weighted by molar-refractivity contribution is 9.10. The maximum atomic E-state index is 14.0. The molecule has 1 N–H and O–H groups in total. The van der Waals surface area contributed by atoms with Gasteiger partial charge in [0, 0.05) is 25.3 Å². The Morgan fingerprint density at radius 1 is 1.47 bits per heavy atom. The highest BCUT2D eigenvalue weighted by atomic mass is 79.9. The minimum Gasteiger partial charge on any atom is -0.385 e. The fourth-order valence-corrected chi connectivity index (χ4v) is 2.36. The van der Waals surface area contributed by atoms with Crippen molar-refractivity contribution >= 4 is 15.9 Å². The van der Waals surface area contributed by atoms with Crippen LogP contribution in [0.1, 0.15) is 24.9 Å². The van der Waals surface area contributed by atoms with E-state index in [0.717, 1.165) is 6.42 Å². The Kier molecular flexibility index (Phi) is 6.09. The van der Waals surface area contributed by atoms with Gasteiger partial charge in [-0.2, -0.15) is 0 Å². The lowest BCUT2D eigenvalue weighted by atomic mass is 9.92. The molecule has 1 aromatic rings. The van der Waals surface area contributed by atoms with Gasteiger partial charge in [-0.25, -0.2) is 4.39 Å². The molecule has 0 aromatic heterocycles. The lowest BCUT2D eigenvalue weighted by Crippen LogP contribution is -2.25. The molecule has 0 spiro atoms. The maximum absolute atomic E-state index is 14.0. The van der Waals surface area contributed by atoms with Crippen LogP contribution in [0.2, 0.25) is 0 Å². The predicted molar refractivity (Wildman–Crippen MR) is 71.6 cm³/mol. The van der Waals surface area contributed by atoms with Gasteiger partial charge in [0.2, 0.25) is 0 Å². The predicted octanol–water partition coefficient (Wildman–Crippen LogP) is 3.52. The highest BCUT2D eigenvalue weighted by Gasteiger charge is 2.21. The van der Waals surface area contributed by atoms with Crippen molar-refractivity contribution < 1.29 is 9.13 Å². The molecule has 0 fully saturated rings. The lowest BCUT2D eigenvalue weighted by molar-refractivity contribution is 0.171. The topological polar surface area (TPSA) is 21.3 Å². The fourth-order valence-electron chi connectivity index (χ4n) is 1.98. The van der Waals surface area contributed by atoms with Crippen LogP contribution < -0.4 is 5.32 Å².